The third kappa shape index (κ3) is 1.44. The van der Waals surface area contributed by atoms with Crippen LogP contribution in [0.4, 0.5) is 0 Å². The second-order valence-electron chi connectivity index (χ2n) is 3.47. The second-order valence-corrected chi connectivity index (χ2v) is 3.47. The molecule has 0 aliphatic heterocycles. The second kappa shape index (κ2) is 3.31. The lowest BCUT2D eigenvalue weighted by molar-refractivity contribution is 0.0995. The van der Waals surface area contributed by atoms with Gasteiger partial charge in [0.25, 0.3) is 5.91 Å². The zero-order valence-electron chi connectivity index (χ0n) is 8.61. The number of rotatable bonds is 1. The average Bonchev–Trinajstić information content (AvgIpc) is 2.23. The van der Waals surface area contributed by atoms with Crippen molar-refractivity contribution in [1.82, 2.24) is 9.97 Å². The van der Waals surface area contributed by atoms with Gasteiger partial charge in [-0.1, -0.05) is 0 Å². The number of aryl methyl sites for hydroxylation is 1. The van der Waals surface area contributed by atoms with Gasteiger partial charge in [-0.05, 0) is 31.0 Å². The van der Waals surface area contributed by atoms with Crippen molar-refractivity contribution >= 4 is 16.8 Å². The van der Waals surface area contributed by atoms with E-state index in [1.165, 1.54) is 0 Å². The Kier molecular flexibility index (Phi) is 2.11. The van der Waals surface area contributed by atoms with Crippen LogP contribution in [-0.2, 0) is 0 Å². The van der Waals surface area contributed by atoms with Crippen molar-refractivity contribution in [1.29, 1.82) is 0 Å². The maximum Gasteiger partial charge on any atom is 0.267 e. The summed E-state index contributed by atoms with van der Waals surface area (Å²) >= 11 is 0. The number of fused-ring (bicyclic) bond motifs is 1. The molecule has 0 fully saturated rings. The summed E-state index contributed by atoms with van der Waals surface area (Å²) in [5.41, 5.74) is 8.17. The van der Waals surface area contributed by atoms with Gasteiger partial charge in [-0.15, -0.1) is 0 Å². The Morgan fingerprint density at radius 2 is 2.07 bits per heavy atom. The fraction of sp³-hybridized carbons (Fsp3) is 0.182. The van der Waals surface area contributed by atoms with Gasteiger partial charge in [0.1, 0.15) is 5.69 Å². The van der Waals surface area contributed by atoms with Crippen LogP contribution in [-0.4, -0.2) is 15.9 Å². The van der Waals surface area contributed by atoms with E-state index < -0.39 is 5.91 Å². The van der Waals surface area contributed by atoms with E-state index in [9.17, 15) is 4.79 Å². The van der Waals surface area contributed by atoms with Gasteiger partial charge in [0, 0.05) is 17.8 Å². The van der Waals surface area contributed by atoms with Crippen LogP contribution in [0.3, 0.4) is 0 Å². The quantitative estimate of drug-likeness (QED) is 0.757. The molecule has 2 aromatic heterocycles. The van der Waals surface area contributed by atoms with Crippen LogP contribution in [0.25, 0.3) is 10.9 Å². The Bertz CT molecular complexity index is 549. The van der Waals surface area contributed by atoms with Crippen LogP contribution < -0.4 is 5.73 Å². The number of amides is 1. The van der Waals surface area contributed by atoms with Crippen LogP contribution in [0.1, 0.15) is 21.6 Å². The molecule has 0 aromatic carbocycles. The van der Waals surface area contributed by atoms with E-state index in [0.29, 0.717) is 5.69 Å². The molecular formula is C11H11N3O. The van der Waals surface area contributed by atoms with Crippen LogP contribution in [0.2, 0.25) is 0 Å². The topological polar surface area (TPSA) is 68.9 Å². The van der Waals surface area contributed by atoms with Crippen molar-refractivity contribution in [2.75, 3.05) is 0 Å². The summed E-state index contributed by atoms with van der Waals surface area (Å²) < 4.78 is 0. The number of nitrogens with zero attached hydrogens (tertiary/aromatic N) is 2. The summed E-state index contributed by atoms with van der Waals surface area (Å²) in [4.78, 5) is 19.4. The first-order chi connectivity index (χ1) is 7.11. The highest BCUT2D eigenvalue weighted by Gasteiger charge is 2.12. The smallest absolute Gasteiger partial charge is 0.267 e. The molecule has 4 heteroatoms. The Balaban J connectivity index is 2.88. The van der Waals surface area contributed by atoms with Crippen LogP contribution in [0.5, 0.6) is 0 Å². The van der Waals surface area contributed by atoms with Crippen molar-refractivity contribution < 1.29 is 4.79 Å². The van der Waals surface area contributed by atoms with Crippen LogP contribution >= 0.6 is 0 Å². The molecule has 2 N–H and O–H groups in total. The summed E-state index contributed by atoms with van der Waals surface area (Å²) in [6, 6.07) is 1.77. The SMILES string of the molecule is Cc1c(C(N)=O)nc2ccncc2c1C. The number of primary amides is 1. The Hall–Kier alpha value is -1.97. The molecular weight excluding hydrogens is 190 g/mol. The van der Waals surface area contributed by atoms with Gasteiger partial charge in [-0.3, -0.25) is 9.78 Å². The first-order valence-electron chi connectivity index (χ1n) is 4.62. The van der Waals surface area contributed by atoms with Gasteiger partial charge in [-0.2, -0.15) is 0 Å². The minimum absolute atomic E-state index is 0.339. The molecule has 0 unspecified atom stereocenters. The van der Waals surface area contributed by atoms with E-state index in [2.05, 4.69) is 9.97 Å². The van der Waals surface area contributed by atoms with Gasteiger partial charge in [-0.25, -0.2) is 4.98 Å². The third-order valence-electron chi connectivity index (χ3n) is 2.59. The number of nitrogens with two attached hydrogens (primary N) is 1. The number of hydrogen-bond acceptors (Lipinski definition) is 3. The lowest BCUT2D eigenvalue weighted by atomic mass is 10.0. The zero-order chi connectivity index (χ0) is 11.0. The normalized spacial score (nSPS) is 10.5. The van der Waals surface area contributed by atoms with E-state index in [-0.39, 0.29) is 0 Å². The van der Waals surface area contributed by atoms with Crippen molar-refractivity contribution in [2.45, 2.75) is 13.8 Å². The van der Waals surface area contributed by atoms with E-state index in [0.717, 1.165) is 22.0 Å². The number of hydrogen-bond donors (Lipinski definition) is 1. The van der Waals surface area contributed by atoms with Crippen molar-refractivity contribution in [2.24, 2.45) is 5.73 Å². The average molecular weight is 201 g/mol. The molecule has 0 radical (unpaired) electrons. The molecule has 2 heterocycles. The van der Waals surface area contributed by atoms with Crippen LogP contribution in [0.15, 0.2) is 18.5 Å². The highest BCUT2D eigenvalue weighted by molar-refractivity contribution is 5.96. The molecule has 1 amide bonds. The third-order valence-corrected chi connectivity index (χ3v) is 2.59. The van der Waals surface area contributed by atoms with E-state index >= 15 is 0 Å². The van der Waals surface area contributed by atoms with Gasteiger partial charge in [0.2, 0.25) is 0 Å². The standard InChI is InChI=1S/C11H11N3O/c1-6-7(2)10(11(12)15)14-9-3-4-13-5-8(6)9/h3-5H,1-2H3,(H2,12,15). The van der Waals surface area contributed by atoms with Gasteiger partial charge < -0.3 is 5.73 Å². The molecule has 0 atom stereocenters. The molecule has 2 rings (SSSR count). The molecule has 0 saturated heterocycles. The first-order valence-corrected chi connectivity index (χ1v) is 4.62. The maximum absolute atomic E-state index is 11.2. The van der Waals surface area contributed by atoms with Crippen molar-refractivity contribution in [3.05, 3.63) is 35.3 Å². The molecule has 4 nitrogen and oxygen atoms in total. The molecule has 0 bridgehead atoms. The number of carbonyl (C=O) groups excluding carboxylic acids is 1. The number of aromatic nitrogens is 2. The Morgan fingerprint density at radius 1 is 1.33 bits per heavy atom. The fourth-order valence-corrected chi connectivity index (χ4v) is 1.60. The fourth-order valence-electron chi connectivity index (χ4n) is 1.60. The summed E-state index contributed by atoms with van der Waals surface area (Å²) in [5.74, 6) is -0.491. The molecule has 2 aromatic rings. The molecule has 0 aliphatic carbocycles. The van der Waals surface area contributed by atoms with E-state index in [4.69, 9.17) is 5.73 Å². The number of pyridine rings is 2. The van der Waals surface area contributed by atoms with Gasteiger partial charge in [0.05, 0.1) is 5.52 Å². The molecule has 0 aliphatic rings. The molecule has 0 spiro atoms. The molecule has 0 saturated carbocycles. The summed E-state index contributed by atoms with van der Waals surface area (Å²) in [6.07, 6.45) is 3.39. The van der Waals surface area contributed by atoms with Crippen LogP contribution in [0, 0.1) is 13.8 Å². The predicted octanol–water partition coefficient (Wildman–Crippen LogP) is 1.35. The molecule has 76 valence electrons. The minimum Gasteiger partial charge on any atom is -0.364 e. The predicted molar refractivity (Wildman–Crippen MR) is 57.5 cm³/mol. The monoisotopic (exact) mass is 201 g/mol. The zero-order valence-corrected chi connectivity index (χ0v) is 8.61. The molecule has 15 heavy (non-hydrogen) atoms. The summed E-state index contributed by atoms with van der Waals surface area (Å²) in [7, 11) is 0. The highest BCUT2D eigenvalue weighted by atomic mass is 16.1. The Labute approximate surface area is 87.1 Å². The van der Waals surface area contributed by atoms with Gasteiger partial charge in [0.15, 0.2) is 0 Å². The van der Waals surface area contributed by atoms with Gasteiger partial charge >= 0.3 is 0 Å². The van der Waals surface area contributed by atoms with E-state index in [1.807, 2.05) is 13.8 Å². The minimum atomic E-state index is -0.491. The largest absolute Gasteiger partial charge is 0.364 e. The summed E-state index contributed by atoms with van der Waals surface area (Å²) in [6.45, 7) is 3.78. The van der Waals surface area contributed by atoms with E-state index in [1.54, 1.807) is 18.5 Å². The lowest BCUT2D eigenvalue weighted by Crippen LogP contribution is -2.15. The number of carbonyl (C=O) groups is 1. The van der Waals surface area contributed by atoms with Crippen molar-refractivity contribution in [3.8, 4) is 0 Å². The highest BCUT2D eigenvalue weighted by Crippen LogP contribution is 2.20. The lowest BCUT2D eigenvalue weighted by Gasteiger charge is -2.08. The maximum atomic E-state index is 11.2. The first kappa shape index (κ1) is 9.58. The summed E-state index contributed by atoms with van der Waals surface area (Å²) in [5, 5.41) is 0.958. The Morgan fingerprint density at radius 3 is 2.73 bits per heavy atom. The van der Waals surface area contributed by atoms with Crippen molar-refractivity contribution in [3.63, 3.8) is 0 Å².